The van der Waals surface area contributed by atoms with Crippen molar-refractivity contribution in [2.75, 3.05) is 13.1 Å². The summed E-state index contributed by atoms with van der Waals surface area (Å²) in [7, 11) is 0. The highest BCUT2D eigenvalue weighted by Crippen LogP contribution is 2.10. The monoisotopic (exact) mass is 310 g/mol. The van der Waals surface area contributed by atoms with Crippen LogP contribution in [0.4, 0.5) is 0 Å². The molecule has 0 spiro atoms. The van der Waals surface area contributed by atoms with Gasteiger partial charge >= 0.3 is 0 Å². The number of hydrogen-bond acceptors (Lipinski definition) is 2. The van der Waals surface area contributed by atoms with Crippen molar-refractivity contribution in [2.45, 2.75) is 6.42 Å². The third-order valence-corrected chi connectivity index (χ3v) is 2.72. The molecule has 2 amide bonds. The number of benzene rings is 1. The number of hydrogen-bond donors (Lipinski definition) is 2. The molecule has 18 heavy (non-hydrogen) atoms. The van der Waals surface area contributed by atoms with E-state index in [9.17, 15) is 9.59 Å². The van der Waals surface area contributed by atoms with Gasteiger partial charge in [0.25, 0.3) is 5.91 Å². The van der Waals surface area contributed by atoms with Gasteiger partial charge in [0.2, 0.25) is 5.91 Å². The van der Waals surface area contributed by atoms with Gasteiger partial charge in [-0.15, -0.1) is 6.58 Å². The van der Waals surface area contributed by atoms with Crippen molar-refractivity contribution < 1.29 is 9.59 Å². The Bertz CT molecular complexity index is 429. The quantitative estimate of drug-likeness (QED) is 0.622. The van der Waals surface area contributed by atoms with Crippen LogP contribution in [0.2, 0.25) is 0 Å². The van der Waals surface area contributed by atoms with Crippen LogP contribution in [0, 0.1) is 0 Å². The maximum atomic E-state index is 11.7. The van der Waals surface area contributed by atoms with Crippen molar-refractivity contribution in [3.8, 4) is 0 Å². The topological polar surface area (TPSA) is 58.2 Å². The average molecular weight is 311 g/mol. The molecule has 1 aromatic carbocycles. The molecule has 0 atom stereocenters. The summed E-state index contributed by atoms with van der Waals surface area (Å²) in [4.78, 5) is 23.0. The van der Waals surface area contributed by atoms with E-state index in [1.165, 1.54) is 0 Å². The summed E-state index contributed by atoms with van der Waals surface area (Å²) < 4.78 is 0.904. The Kier molecular flexibility index (Phi) is 6.14. The molecule has 0 bridgehead atoms. The second-order valence-electron chi connectivity index (χ2n) is 3.62. The number of amides is 2. The van der Waals surface area contributed by atoms with E-state index in [2.05, 4.69) is 33.1 Å². The predicted molar refractivity (Wildman–Crippen MR) is 74.3 cm³/mol. The maximum absolute atomic E-state index is 11.7. The van der Waals surface area contributed by atoms with Gasteiger partial charge < -0.3 is 10.6 Å². The molecular formula is C13H15BrN2O2. The summed E-state index contributed by atoms with van der Waals surface area (Å²) in [6.45, 7) is 4.07. The molecule has 0 unspecified atom stereocenters. The smallest absolute Gasteiger partial charge is 0.251 e. The van der Waals surface area contributed by atoms with Crippen LogP contribution in [-0.2, 0) is 4.79 Å². The molecule has 0 saturated heterocycles. The lowest BCUT2D eigenvalue weighted by Crippen LogP contribution is -2.37. The van der Waals surface area contributed by atoms with Gasteiger partial charge in [-0.1, -0.05) is 22.0 Å². The van der Waals surface area contributed by atoms with Crippen molar-refractivity contribution in [2.24, 2.45) is 0 Å². The van der Waals surface area contributed by atoms with Crippen molar-refractivity contribution in [1.29, 1.82) is 0 Å². The number of nitrogens with one attached hydrogen (secondary N) is 2. The van der Waals surface area contributed by atoms with E-state index in [0.717, 1.165) is 4.47 Å². The molecule has 0 aliphatic carbocycles. The molecule has 0 aliphatic rings. The largest absolute Gasteiger partial charge is 0.354 e. The zero-order chi connectivity index (χ0) is 13.4. The molecule has 5 heteroatoms. The van der Waals surface area contributed by atoms with Gasteiger partial charge in [-0.3, -0.25) is 9.59 Å². The van der Waals surface area contributed by atoms with Crippen molar-refractivity contribution in [1.82, 2.24) is 10.6 Å². The van der Waals surface area contributed by atoms with Gasteiger partial charge in [0.15, 0.2) is 0 Å². The van der Waals surface area contributed by atoms with Gasteiger partial charge in [0, 0.05) is 16.6 Å². The lowest BCUT2D eigenvalue weighted by atomic mass is 10.2. The number of halogens is 1. The van der Waals surface area contributed by atoms with Crippen LogP contribution < -0.4 is 10.6 Å². The Morgan fingerprint density at radius 1 is 1.22 bits per heavy atom. The average Bonchev–Trinajstić information content (AvgIpc) is 2.37. The van der Waals surface area contributed by atoms with E-state index in [1.54, 1.807) is 30.3 Å². The first kappa shape index (κ1) is 14.4. The lowest BCUT2D eigenvalue weighted by Gasteiger charge is -2.06. The third kappa shape index (κ3) is 5.14. The second-order valence-corrected chi connectivity index (χ2v) is 4.53. The Labute approximate surface area is 115 Å². The standard InChI is InChI=1S/C13H15BrN2O2/c1-2-3-8-15-12(17)9-16-13(18)10-4-6-11(14)7-5-10/h2,4-7H,1,3,8-9H2,(H,15,17)(H,16,18). The van der Waals surface area contributed by atoms with Crippen LogP contribution in [0.3, 0.4) is 0 Å². The van der Waals surface area contributed by atoms with Crippen LogP contribution in [0.15, 0.2) is 41.4 Å². The van der Waals surface area contributed by atoms with Crippen molar-refractivity contribution in [3.05, 3.63) is 47.0 Å². The zero-order valence-corrected chi connectivity index (χ0v) is 11.5. The van der Waals surface area contributed by atoms with E-state index in [4.69, 9.17) is 0 Å². The Hall–Kier alpha value is -1.62. The second kappa shape index (κ2) is 7.66. The summed E-state index contributed by atoms with van der Waals surface area (Å²) >= 11 is 3.29. The molecule has 0 fully saturated rings. The highest BCUT2D eigenvalue weighted by molar-refractivity contribution is 9.10. The van der Waals surface area contributed by atoms with Gasteiger partial charge in [-0.25, -0.2) is 0 Å². The number of carbonyl (C=O) groups excluding carboxylic acids is 2. The molecule has 0 aromatic heterocycles. The van der Waals surface area contributed by atoms with E-state index >= 15 is 0 Å². The predicted octanol–water partition coefficient (Wildman–Crippen LogP) is 1.87. The molecular weight excluding hydrogens is 296 g/mol. The normalized spacial score (nSPS) is 9.61. The highest BCUT2D eigenvalue weighted by Gasteiger charge is 2.07. The number of rotatable bonds is 6. The molecule has 2 N–H and O–H groups in total. The summed E-state index contributed by atoms with van der Waals surface area (Å²) in [5.74, 6) is -0.469. The van der Waals surface area contributed by atoms with Crippen LogP contribution in [0.25, 0.3) is 0 Å². The van der Waals surface area contributed by atoms with Crippen LogP contribution in [0.5, 0.6) is 0 Å². The fourth-order valence-electron chi connectivity index (χ4n) is 1.24. The highest BCUT2D eigenvalue weighted by atomic mass is 79.9. The van der Waals surface area contributed by atoms with Gasteiger partial charge in [0.1, 0.15) is 0 Å². The van der Waals surface area contributed by atoms with Crippen molar-refractivity contribution in [3.63, 3.8) is 0 Å². The molecule has 0 aliphatic heterocycles. The van der Waals surface area contributed by atoms with E-state index in [1.807, 2.05) is 0 Å². The molecule has 0 saturated carbocycles. The minimum atomic E-state index is -0.263. The SMILES string of the molecule is C=CCCNC(=O)CNC(=O)c1ccc(Br)cc1. The van der Waals surface area contributed by atoms with E-state index in [0.29, 0.717) is 18.5 Å². The van der Waals surface area contributed by atoms with Crippen LogP contribution in [-0.4, -0.2) is 24.9 Å². The summed E-state index contributed by atoms with van der Waals surface area (Å²) in [6.07, 6.45) is 2.44. The summed E-state index contributed by atoms with van der Waals surface area (Å²) in [5.41, 5.74) is 0.525. The first-order chi connectivity index (χ1) is 8.63. The van der Waals surface area contributed by atoms with Crippen LogP contribution >= 0.6 is 15.9 Å². The molecule has 1 rings (SSSR count). The first-order valence-electron chi connectivity index (χ1n) is 5.55. The fraction of sp³-hybridized carbons (Fsp3) is 0.231. The first-order valence-corrected chi connectivity index (χ1v) is 6.34. The minimum absolute atomic E-state index is 0.0218. The fourth-order valence-corrected chi connectivity index (χ4v) is 1.50. The minimum Gasteiger partial charge on any atom is -0.354 e. The summed E-state index contributed by atoms with van der Waals surface area (Å²) in [5, 5.41) is 5.22. The zero-order valence-electron chi connectivity index (χ0n) is 9.91. The molecule has 0 heterocycles. The Morgan fingerprint density at radius 2 is 1.89 bits per heavy atom. The van der Waals surface area contributed by atoms with Gasteiger partial charge in [0.05, 0.1) is 6.54 Å². The van der Waals surface area contributed by atoms with E-state index < -0.39 is 0 Å². The lowest BCUT2D eigenvalue weighted by molar-refractivity contribution is -0.120. The third-order valence-electron chi connectivity index (χ3n) is 2.19. The molecule has 0 radical (unpaired) electrons. The van der Waals surface area contributed by atoms with Gasteiger partial charge in [-0.05, 0) is 30.7 Å². The Balaban J connectivity index is 2.34. The molecule has 4 nitrogen and oxygen atoms in total. The van der Waals surface area contributed by atoms with Gasteiger partial charge in [-0.2, -0.15) is 0 Å². The molecule has 1 aromatic rings. The maximum Gasteiger partial charge on any atom is 0.251 e. The summed E-state index contributed by atoms with van der Waals surface area (Å²) in [6, 6.07) is 6.93. The van der Waals surface area contributed by atoms with Crippen LogP contribution in [0.1, 0.15) is 16.8 Å². The molecule has 96 valence electrons. The van der Waals surface area contributed by atoms with E-state index in [-0.39, 0.29) is 18.4 Å². The Morgan fingerprint density at radius 3 is 2.50 bits per heavy atom. The van der Waals surface area contributed by atoms with Crippen molar-refractivity contribution >= 4 is 27.7 Å². The number of carbonyl (C=O) groups is 2.